The van der Waals surface area contributed by atoms with E-state index in [2.05, 4.69) is 25.5 Å². The molecule has 4 heterocycles. The molecule has 1 aliphatic carbocycles. The van der Waals surface area contributed by atoms with Crippen molar-refractivity contribution < 1.29 is 13.6 Å². The van der Waals surface area contributed by atoms with Gasteiger partial charge in [-0.3, -0.25) is 9.78 Å². The number of nitrogens with one attached hydrogen (secondary N) is 2. The average Bonchev–Trinajstić information content (AvgIpc) is 3.64. The number of anilines is 3. The van der Waals surface area contributed by atoms with Crippen LogP contribution >= 0.6 is 0 Å². The van der Waals surface area contributed by atoms with Gasteiger partial charge in [0, 0.05) is 49.4 Å². The number of carbonyl (C=O) groups excluding carboxylic acids is 1. The highest BCUT2D eigenvalue weighted by atomic mass is 19.1. The first kappa shape index (κ1) is 23.2. The van der Waals surface area contributed by atoms with Crippen LogP contribution in [-0.2, 0) is 4.79 Å². The van der Waals surface area contributed by atoms with E-state index in [1.54, 1.807) is 24.5 Å². The Morgan fingerprint density at radius 1 is 1.08 bits per heavy atom. The van der Waals surface area contributed by atoms with Gasteiger partial charge < -0.3 is 15.5 Å². The largest absolute Gasteiger partial charge is 0.354 e. The average molecular weight is 502 g/mol. The van der Waals surface area contributed by atoms with Crippen molar-refractivity contribution in [3.63, 3.8) is 0 Å². The van der Waals surface area contributed by atoms with Crippen LogP contribution in [-0.4, -0.2) is 45.0 Å². The molecule has 1 unspecified atom stereocenters. The molecular weight excluding hydrogens is 476 g/mol. The van der Waals surface area contributed by atoms with Crippen molar-refractivity contribution in [2.75, 3.05) is 23.3 Å². The highest BCUT2D eigenvalue weighted by Crippen LogP contribution is 2.45. The molecule has 0 spiro atoms. The monoisotopic (exact) mass is 501 g/mol. The highest BCUT2D eigenvalue weighted by molar-refractivity contribution is 5.94. The molecule has 2 fully saturated rings. The minimum atomic E-state index is -0.710. The summed E-state index contributed by atoms with van der Waals surface area (Å²) in [6.45, 7) is 2.92. The summed E-state index contributed by atoms with van der Waals surface area (Å²) in [6, 6.07) is 7.15. The molecule has 2 N–H and O–H groups in total. The summed E-state index contributed by atoms with van der Waals surface area (Å²) in [5.74, 6) is 0.513. The molecule has 0 radical (unpaired) electrons. The molecule has 1 saturated carbocycles. The van der Waals surface area contributed by atoms with Gasteiger partial charge in [0.15, 0.2) is 5.82 Å². The third-order valence-corrected chi connectivity index (χ3v) is 6.76. The molecule has 6 rings (SSSR count). The maximum Gasteiger partial charge on any atom is 0.217 e. The van der Waals surface area contributed by atoms with Crippen molar-refractivity contribution in [2.24, 2.45) is 0 Å². The van der Waals surface area contributed by atoms with E-state index in [-0.39, 0.29) is 23.5 Å². The third-order valence-electron chi connectivity index (χ3n) is 6.76. The van der Waals surface area contributed by atoms with Crippen LogP contribution in [0.5, 0.6) is 0 Å². The molecule has 188 valence electrons. The van der Waals surface area contributed by atoms with E-state index in [9.17, 15) is 13.6 Å². The van der Waals surface area contributed by atoms with Gasteiger partial charge in [-0.2, -0.15) is 0 Å². The summed E-state index contributed by atoms with van der Waals surface area (Å²) in [5, 5.41) is 6.74. The Kier molecular flexibility index (Phi) is 5.86. The fraction of sp³-hybridized carbons (Fsp3) is 0.296. The first-order valence-electron chi connectivity index (χ1n) is 12.3. The molecular formula is C27H25F2N7O. The Balaban J connectivity index is 1.41. The van der Waals surface area contributed by atoms with Gasteiger partial charge in [-0.05, 0) is 55.0 Å². The van der Waals surface area contributed by atoms with E-state index in [1.807, 2.05) is 6.20 Å². The van der Waals surface area contributed by atoms with Gasteiger partial charge in [0.1, 0.15) is 29.0 Å². The summed E-state index contributed by atoms with van der Waals surface area (Å²) >= 11 is 0. The van der Waals surface area contributed by atoms with Crippen molar-refractivity contribution >= 4 is 34.1 Å². The van der Waals surface area contributed by atoms with Crippen LogP contribution in [0.4, 0.5) is 26.1 Å². The zero-order valence-electron chi connectivity index (χ0n) is 20.2. The van der Waals surface area contributed by atoms with Gasteiger partial charge in [0.2, 0.25) is 5.91 Å². The lowest BCUT2D eigenvalue weighted by molar-refractivity contribution is -0.119. The van der Waals surface area contributed by atoms with Crippen LogP contribution in [0, 0.1) is 11.6 Å². The molecule has 10 heteroatoms. The fourth-order valence-electron chi connectivity index (χ4n) is 4.89. The lowest BCUT2D eigenvalue weighted by Gasteiger charge is -2.22. The number of hydrogen-bond donors (Lipinski definition) is 2. The molecule has 0 bridgehead atoms. The standard InChI is InChI=1S/C27H25F2N7O/c1-15(37)32-18-8-10-36(14-18)27-24-19(16-5-6-16)12-30-13-22(24)33-26(35-27)17-7-9-31-23(11-17)34-25-20(28)3-2-4-21(25)29/h2-4,7,9,11-13,16,18H,5-6,8,10,14H2,1H3,(H,31,34)(H,32,37). The van der Waals surface area contributed by atoms with E-state index in [1.165, 1.54) is 25.1 Å². The number of carbonyl (C=O) groups is 1. The number of para-hydroxylation sites is 1. The number of amides is 1. The number of fused-ring (bicyclic) bond motifs is 1. The predicted octanol–water partition coefficient (Wildman–Crippen LogP) is 4.70. The first-order valence-corrected chi connectivity index (χ1v) is 12.3. The Hall–Kier alpha value is -4.21. The van der Waals surface area contributed by atoms with Crippen LogP contribution in [0.1, 0.15) is 37.7 Å². The minimum absolute atomic E-state index is 0.0459. The third kappa shape index (κ3) is 4.66. The fourth-order valence-corrected chi connectivity index (χ4v) is 4.89. The summed E-state index contributed by atoms with van der Waals surface area (Å²) in [4.78, 5) is 32.3. The molecule has 3 aromatic heterocycles. The van der Waals surface area contributed by atoms with E-state index in [0.29, 0.717) is 23.9 Å². The van der Waals surface area contributed by atoms with E-state index >= 15 is 0 Å². The molecule has 4 aromatic rings. The van der Waals surface area contributed by atoms with Crippen molar-refractivity contribution in [3.8, 4) is 11.4 Å². The smallest absolute Gasteiger partial charge is 0.217 e. The Bertz CT molecular complexity index is 1490. The molecule has 1 atom stereocenters. The normalized spacial score (nSPS) is 17.3. The van der Waals surface area contributed by atoms with Gasteiger partial charge >= 0.3 is 0 Å². The molecule has 1 aromatic carbocycles. The second-order valence-corrected chi connectivity index (χ2v) is 9.55. The van der Waals surface area contributed by atoms with Crippen molar-refractivity contribution in [1.82, 2.24) is 25.3 Å². The van der Waals surface area contributed by atoms with Gasteiger partial charge in [0.25, 0.3) is 0 Å². The van der Waals surface area contributed by atoms with Crippen LogP contribution in [0.3, 0.4) is 0 Å². The summed E-state index contributed by atoms with van der Waals surface area (Å²) in [7, 11) is 0. The predicted molar refractivity (Wildman–Crippen MR) is 137 cm³/mol. The van der Waals surface area contributed by atoms with Gasteiger partial charge in [0.05, 0.1) is 11.7 Å². The number of aromatic nitrogens is 4. The SMILES string of the molecule is CC(=O)NC1CCN(c2nc(-c3ccnc(Nc4c(F)cccc4F)c3)nc3cncc(C4CC4)c23)C1. The summed E-state index contributed by atoms with van der Waals surface area (Å²) < 4.78 is 28.4. The molecule has 8 nitrogen and oxygen atoms in total. The van der Waals surface area contributed by atoms with E-state index in [4.69, 9.17) is 9.97 Å². The van der Waals surface area contributed by atoms with Gasteiger partial charge in [-0.25, -0.2) is 23.7 Å². The van der Waals surface area contributed by atoms with Crippen LogP contribution in [0.25, 0.3) is 22.3 Å². The quantitative estimate of drug-likeness (QED) is 0.395. The number of benzene rings is 1. The topological polar surface area (TPSA) is 95.9 Å². The van der Waals surface area contributed by atoms with Crippen molar-refractivity contribution in [2.45, 2.75) is 38.1 Å². The Labute approximate surface area is 212 Å². The van der Waals surface area contributed by atoms with Gasteiger partial charge in [-0.1, -0.05) is 6.07 Å². The molecule has 1 saturated heterocycles. The lowest BCUT2D eigenvalue weighted by atomic mass is 10.1. The highest BCUT2D eigenvalue weighted by Gasteiger charge is 2.31. The number of hydrogen-bond acceptors (Lipinski definition) is 7. The van der Waals surface area contributed by atoms with Gasteiger partial charge in [-0.15, -0.1) is 0 Å². The van der Waals surface area contributed by atoms with E-state index in [0.717, 1.165) is 48.1 Å². The number of rotatable bonds is 6. The second-order valence-electron chi connectivity index (χ2n) is 9.55. The number of halogens is 2. The van der Waals surface area contributed by atoms with Crippen molar-refractivity contribution in [3.05, 3.63) is 66.1 Å². The molecule has 2 aliphatic rings. The lowest BCUT2D eigenvalue weighted by Crippen LogP contribution is -2.35. The number of pyridine rings is 2. The molecule has 1 aliphatic heterocycles. The van der Waals surface area contributed by atoms with Crippen LogP contribution in [0.15, 0.2) is 48.9 Å². The van der Waals surface area contributed by atoms with Crippen molar-refractivity contribution in [1.29, 1.82) is 0 Å². The molecule has 1 amide bonds. The van der Waals surface area contributed by atoms with E-state index < -0.39 is 11.6 Å². The summed E-state index contributed by atoms with van der Waals surface area (Å²) in [6.07, 6.45) is 8.25. The zero-order chi connectivity index (χ0) is 25.5. The molecule has 37 heavy (non-hydrogen) atoms. The second kappa shape index (κ2) is 9.34. The number of nitrogens with zero attached hydrogens (tertiary/aromatic N) is 5. The Morgan fingerprint density at radius 2 is 1.89 bits per heavy atom. The van der Waals surface area contributed by atoms with Crippen LogP contribution in [0.2, 0.25) is 0 Å². The minimum Gasteiger partial charge on any atom is -0.354 e. The Morgan fingerprint density at radius 3 is 2.65 bits per heavy atom. The summed E-state index contributed by atoms with van der Waals surface area (Å²) in [5.41, 5.74) is 2.26. The zero-order valence-corrected chi connectivity index (χ0v) is 20.2. The van der Waals surface area contributed by atoms with Crippen LogP contribution < -0.4 is 15.5 Å². The maximum atomic E-state index is 14.2. The maximum absolute atomic E-state index is 14.2. The first-order chi connectivity index (χ1) is 18.0.